The van der Waals surface area contributed by atoms with Crippen molar-refractivity contribution in [1.29, 1.82) is 0 Å². The fourth-order valence-electron chi connectivity index (χ4n) is 2.09. The van der Waals surface area contributed by atoms with Crippen LogP contribution in [0, 0.1) is 0 Å². The number of hydrazine groups is 1. The van der Waals surface area contributed by atoms with E-state index in [1.165, 1.54) is 12.8 Å². The lowest BCUT2D eigenvalue weighted by molar-refractivity contribution is 0.303. The second-order valence-electron chi connectivity index (χ2n) is 4.88. The molecule has 1 aliphatic carbocycles. The Morgan fingerprint density at radius 2 is 2.11 bits per heavy atom. The van der Waals surface area contributed by atoms with Crippen LogP contribution in [0.25, 0.3) is 0 Å². The Bertz CT molecular complexity index is 545. The summed E-state index contributed by atoms with van der Waals surface area (Å²) in [5, 5.41) is 0. The van der Waals surface area contributed by atoms with Gasteiger partial charge in [-0.05, 0) is 30.5 Å². The van der Waals surface area contributed by atoms with Crippen molar-refractivity contribution in [3.8, 4) is 5.75 Å². The molecule has 0 aliphatic heterocycles. The standard InChI is InChI=1S/C14H18N4O/c1-18-9-8-16-14(18)13(17-15)10-2-4-11(5-3-10)19-12-6-7-12/h2-5,8-9,12-13,17H,6-7,15H2,1H3. The largest absolute Gasteiger partial charge is 0.490 e. The van der Waals surface area contributed by atoms with Crippen LogP contribution in [0.2, 0.25) is 0 Å². The molecular formula is C14H18N4O. The number of rotatable bonds is 5. The molecule has 1 atom stereocenters. The van der Waals surface area contributed by atoms with Crippen molar-refractivity contribution in [2.24, 2.45) is 12.9 Å². The first-order valence-electron chi connectivity index (χ1n) is 6.48. The van der Waals surface area contributed by atoms with Crippen molar-refractivity contribution >= 4 is 0 Å². The Morgan fingerprint density at radius 3 is 2.63 bits per heavy atom. The second kappa shape index (κ2) is 5.03. The Morgan fingerprint density at radius 1 is 1.37 bits per heavy atom. The van der Waals surface area contributed by atoms with Gasteiger partial charge in [0.05, 0.1) is 6.10 Å². The van der Waals surface area contributed by atoms with E-state index >= 15 is 0 Å². The first kappa shape index (κ1) is 12.2. The zero-order chi connectivity index (χ0) is 13.2. The van der Waals surface area contributed by atoms with Gasteiger partial charge in [-0.25, -0.2) is 10.4 Å². The number of hydrogen-bond acceptors (Lipinski definition) is 4. The summed E-state index contributed by atoms with van der Waals surface area (Å²) in [5.41, 5.74) is 3.88. The van der Waals surface area contributed by atoms with Crippen LogP contribution in [0.4, 0.5) is 0 Å². The van der Waals surface area contributed by atoms with Crippen molar-refractivity contribution in [1.82, 2.24) is 15.0 Å². The molecule has 1 unspecified atom stereocenters. The maximum absolute atomic E-state index is 5.74. The number of imidazole rings is 1. The van der Waals surface area contributed by atoms with Gasteiger partial charge in [0, 0.05) is 19.4 Å². The first-order chi connectivity index (χ1) is 9.28. The van der Waals surface area contributed by atoms with E-state index in [0.717, 1.165) is 17.1 Å². The summed E-state index contributed by atoms with van der Waals surface area (Å²) in [7, 11) is 1.96. The summed E-state index contributed by atoms with van der Waals surface area (Å²) >= 11 is 0. The topological polar surface area (TPSA) is 65.1 Å². The summed E-state index contributed by atoms with van der Waals surface area (Å²) in [4.78, 5) is 4.33. The van der Waals surface area contributed by atoms with Crippen LogP contribution in [0.5, 0.6) is 5.75 Å². The Kier molecular flexibility index (Phi) is 3.23. The van der Waals surface area contributed by atoms with Crippen molar-refractivity contribution in [3.05, 3.63) is 48.0 Å². The molecule has 5 heteroatoms. The summed E-state index contributed by atoms with van der Waals surface area (Å²) in [5.74, 6) is 7.46. The van der Waals surface area contributed by atoms with Crippen molar-refractivity contribution in [2.75, 3.05) is 0 Å². The minimum atomic E-state index is -0.116. The van der Waals surface area contributed by atoms with Gasteiger partial charge in [0.2, 0.25) is 0 Å². The summed E-state index contributed by atoms with van der Waals surface area (Å²) in [6.45, 7) is 0. The predicted molar refractivity (Wildman–Crippen MR) is 72.5 cm³/mol. The highest BCUT2D eigenvalue weighted by Crippen LogP contribution is 2.28. The van der Waals surface area contributed by atoms with E-state index in [0.29, 0.717) is 6.10 Å². The van der Waals surface area contributed by atoms with Gasteiger partial charge in [0.25, 0.3) is 0 Å². The number of benzene rings is 1. The summed E-state index contributed by atoms with van der Waals surface area (Å²) in [6, 6.07) is 7.91. The molecule has 1 aromatic carbocycles. The lowest BCUT2D eigenvalue weighted by Gasteiger charge is -2.16. The molecule has 0 radical (unpaired) electrons. The minimum absolute atomic E-state index is 0.116. The van der Waals surface area contributed by atoms with Gasteiger partial charge in [0.15, 0.2) is 0 Å². The third-order valence-corrected chi connectivity index (χ3v) is 3.32. The monoisotopic (exact) mass is 258 g/mol. The molecule has 0 bridgehead atoms. The quantitative estimate of drug-likeness (QED) is 0.630. The molecule has 0 saturated heterocycles. The van der Waals surface area contributed by atoms with Crippen LogP contribution in [-0.2, 0) is 7.05 Å². The third-order valence-electron chi connectivity index (χ3n) is 3.32. The lowest BCUT2D eigenvalue weighted by atomic mass is 10.1. The molecule has 1 heterocycles. The third kappa shape index (κ3) is 2.62. The van der Waals surface area contributed by atoms with Gasteiger partial charge in [-0.2, -0.15) is 0 Å². The average molecular weight is 258 g/mol. The molecule has 3 rings (SSSR count). The first-order valence-corrected chi connectivity index (χ1v) is 6.48. The highest BCUT2D eigenvalue weighted by atomic mass is 16.5. The zero-order valence-corrected chi connectivity index (χ0v) is 10.9. The van der Waals surface area contributed by atoms with E-state index in [1.807, 2.05) is 42.1 Å². The van der Waals surface area contributed by atoms with Crippen LogP contribution < -0.4 is 16.0 Å². The molecule has 0 spiro atoms. The molecule has 1 saturated carbocycles. The zero-order valence-electron chi connectivity index (χ0n) is 10.9. The van der Waals surface area contributed by atoms with E-state index in [2.05, 4.69) is 10.4 Å². The van der Waals surface area contributed by atoms with Crippen molar-refractivity contribution < 1.29 is 4.74 Å². The molecular weight excluding hydrogens is 240 g/mol. The number of aromatic nitrogens is 2. The van der Waals surface area contributed by atoms with Crippen LogP contribution in [0.3, 0.4) is 0 Å². The van der Waals surface area contributed by atoms with E-state index < -0.39 is 0 Å². The van der Waals surface area contributed by atoms with Crippen molar-refractivity contribution in [3.63, 3.8) is 0 Å². The van der Waals surface area contributed by atoms with Gasteiger partial charge < -0.3 is 9.30 Å². The van der Waals surface area contributed by atoms with E-state index in [1.54, 1.807) is 6.20 Å². The number of ether oxygens (including phenoxy) is 1. The molecule has 2 aromatic rings. The van der Waals surface area contributed by atoms with Crippen LogP contribution >= 0.6 is 0 Å². The van der Waals surface area contributed by atoms with Crippen LogP contribution in [-0.4, -0.2) is 15.7 Å². The van der Waals surface area contributed by atoms with Gasteiger partial charge in [-0.15, -0.1) is 0 Å². The second-order valence-corrected chi connectivity index (χ2v) is 4.88. The lowest BCUT2D eigenvalue weighted by Crippen LogP contribution is -2.30. The van der Waals surface area contributed by atoms with E-state index in [4.69, 9.17) is 10.6 Å². The number of aryl methyl sites for hydroxylation is 1. The fourth-order valence-corrected chi connectivity index (χ4v) is 2.09. The highest BCUT2D eigenvalue weighted by molar-refractivity contribution is 5.32. The fraction of sp³-hybridized carbons (Fsp3) is 0.357. The Hall–Kier alpha value is -1.85. The summed E-state index contributed by atoms with van der Waals surface area (Å²) < 4.78 is 7.69. The van der Waals surface area contributed by atoms with Crippen molar-refractivity contribution in [2.45, 2.75) is 25.0 Å². The molecule has 1 aliphatic rings. The number of nitrogens with two attached hydrogens (primary N) is 1. The number of nitrogens with zero attached hydrogens (tertiary/aromatic N) is 2. The molecule has 1 fully saturated rings. The molecule has 0 amide bonds. The number of nitrogens with one attached hydrogen (secondary N) is 1. The molecule has 19 heavy (non-hydrogen) atoms. The number of hydrogen-bond donors (Lipinski definition) is 2. The highest BCUT2D eigenvalue weighted by Gasteiger charge is 2.23. The molecule has 3 N–H and O–H groups in total. The predicted octanol–water partition coefficient (Wildman–Crippen LogP) is 1.51. The van der Waals surface area contributed by atoms with Gasteiger partial charge in [0.1, 0.15) is 17.6 Å². The van der Waals surface area contributed by atoms with Gasteiger partial charge in [-0.3, -0.25) is 5.84 Å². The Balaban J connectivity index is 1.81. The van der Waals surface area contributed by atoms with E-state index in [-0.39, 0.29) is 6.04 Å². The maximum Gasteiger partial charge on any atom is 0.131 e. The van der Waals surface area contributed by atoms with Gasteiger partial charge in [-0.1, -0.05) is 12.1 Å². The molecule has 1 aromatic heterocycles. The Labute approximate surface area is 112 Å². The average Bonchev–Trinajstić information content (AvgIpc) is 3.14. The van der Waals surface area contributed by atoms with Crippen LogP contribution in [0.1, 0.15) is 30.3 Å². The molecule has 100 valence electrons. The SMILES string of the molecule is Cn1ccnc1C(NN)c1ccc(OC2CC2)cc1. The minimum Gasteiger partial charge on any atom is -0.490 e. The smallest absolute Gasteiger partial charge is 0.131 e. The van der Waals surface area contributed by atoms with Crippen LogP contribution in [0.15, 0.2) is 36.7 Å². The van der Waals surface area contributed by atoms with E-state index in [9.17, 15) is 0 Å². The summed E-state index contributed by atoms with van der Waals surface area (Å²) in [6.07, 6.45) is 6.43. The van der Waals surface area contributed by atoms with Gasteiger partial charge >= 0.3 is 0 Å². The molecule has 5 nitrogen and oxygen atoms in total. The maximum atomic E-state index is 5.74. The normalized spacial score (nSPS) is 16.3.